The number of rotatable bonds is 5. The molecule has 2 aliphatic heterocycles. The summed E-state index contributed by atoms with van der Waals surface area (Å²) in [5.41, 5.74) is 0.458. The first-order valence-corrected chi connectivity index (χ1v) is 9.76. The number of nitrogens with zero attached hydrogens (tertiary/aromatic N) is 3. The number of hydrogen-bond donors (Lipinski definition) is 0. The Balaban J connectivity index is 1.31. The fourth-order valence-corrected chi connectivity index (χ4v) is 3.96. The maximum atomic E-state index is 12.6. The lowest BCUT2D eigenvalue weighted by molar-refractivity contribution is -0.153. The monoisotopic (exact) mass is 347 g/mol. The van der Waals surface area contributed by atoms with Gasteiger partial charge >= 0.3 is 0 Å². The van der Waals surface area contributed by atoms with Crippen LogP contribution in [0.2, 0.25) is 0 Å². The van der Waals surface area contributed by atoms with E-state index in [1.165, 1.54) is 12.8 Å². The Morgan fingerprint density at radius 3 is 2.84 bits per heavy atom. The van der Waals surface area contributed by atoms with Crippen LogP contribution in [0.3, 0.4) is 0 Å². The summed E-state index contributed by atoms with van der Waals surface area (Å²) >= 11 is 0. The number of aryl methyl sites for hydroxylation is 1. The van der Waals surface area contributed by atoms with E-state index in [1.54, 1.807) is 4.68 Å². The fourth-order valence-electron chi connectivity index (χ4n) is 3.96. The molecule has 3 heterocycles. The Bertz CT molecular complexity index is 603. The SMILES string of the molecule is CCn1ccc(C(=O)N2CCC3(CC2)CC(OCC2CC2)CCO3)n1. The van der Waals surface area contributed by atoms with Crippen molar-refractivity contribution in [1.29, 1.82) is 0 Å². The molecule has 3 aliphatic rings. The predicted octanol–water partition coefficient (Wildman–Crippen LogP) is 2.48. The summed E-state index contributed by atoms with van der Waals surface area (Å²) in [6.07, 6.45) is 8.64. The highest BCUT2D eigenvalue weighted by Gasteiger charge is 2.42. The zero-order valence-electron chi connectivity index (χ0n) is 15.2. The van der Waals surface area contributed by atoms with E-state index in [-0.39, 0.29) is 11.5 Å². The molecule has 0 N–H and O–H groups in total. The van der Waals surface area contributed by atoms with Crippen molar-refractivity contribution in [3.8, 4) is 0 Å². The molecule has 1 unspecified atom stereocenters. The summed E-state index contributed by atoms with van der Waals surface area (Å²) in [5, 5.41) is 4.34. The number of aromatic nitrogens is 2. The van der Waals surface area contributed by atoms with Gasteiger partial charge in [0.15, 0.2) is 0 Å². The number of carbonyl (C=O) groups excluding carboxylic acids is 1. The van der Waals surface area contributed by atoms with Crippen molar-refractivity contribution in [1.82, 2.24) is 14.7 Å². The van der Waals surface area contributed by atoms with Gasteiger partial charge in [0.1, 0.15) is 5.69 Å². The highest BCUT2D eigenvalue weighted by Crippen LogP contribution is 2.37. The molecule has 2 saturated heterocycles. The maximum Gasteiger partial charge on any atom is 0.274 e. The molecular formula is C19H29N3O3. The minimum Gasteiger partial charge on any atom is -0.378 e. The Kier molecular flexibility index (Phi) is 4.82. The second kappa shape index (κ2) is 7.08. The minimum absolute atomic E-state index is 0.0411. The van der Waals surface area contributed by atoms with Gasteiger partial charge in [-0.05, 0) is 51.0 Å². The number of ether oxygens (including phenoxy) is 2. The van der Waals surface area contributed by atoms with Gasteiger partial charge in [0.05, 0.1) is 11.7 Å². The summed E-state index contributed by atoms with van der Waals surface area (Å²) in [6.45, 7) is 6.00. The molecular weight excluding hydrogens is 318 g/mol. The molecule has 1 atom stereocenters. The van der Waals surface area contributed by atoms with Crippen LogP contribution in [0.1, 0.15) is 55.9 Å². The van der Waals surface area contributed by atoms with Crippen molar-refractivity contribution < 1.29 is 14.3 Å². The van der Waals surface area contributed by atoms with Gasteiger partial charge < -0.3 is 14.4 Å². The fraction of sp³-hybridized carbons (Fsp3) is 0.789. The number of likely N-dealkylation sites (tertiary alicyclic amines) is 1. The van der Waals surface area contributed by atoms with Crippen LogP contribution in [0.25, 0.3) is 0 Å². The Labute approximate surface area is 149 Å². The summed E-state index contributed by atoms with van der Waals surface area (Å²) < 4.78 is 14.1. The molecule has 1 aromatic rings. The Hall–Kier alpha value is -1.40. The molecule has 6 nitrogen and oxygen atoms in total. The number of amides is 1. The molecule has 138 valence electrons. The van der Waals surface area contributed by atoms with Crippen molar-refractivity contribution in [2.45, 2.75) is 63.7 Å². The van der Waals surface area contributed by atoms with Gasteiger partial charge in [-0.3, -0.25) is 9.48 Å². The zero-order valence-corrected chi connectivity index (χ0v) is 15.2. The molecule has 1 aromatic heterocycles. The molecule has 25 heavy (non-hydrogen) atoms. The molecule has 4 rings (SSSR count). The van der Waals surface area contributed by atoms with Crippen molar-refractivity contribution in [3.05, 3.63) is 18.0 Å². The quantitative estimate of drug-likeness (QED) is 0.821. The van der Waals surface area contributed by atoms with Crippen LogP contribution in [0.4, 0.5) is 0 Å². The summed E-state index contributed by atoms with van der Waals surface area (Å²) in [5.74, 6) is 0.848. The van der Waals surface area contributed by atoms with E-state index in [0.29, 0.717) is 11.8 Å². The van der Waals surface area contributed by atoms with Crippen LogP contribution in [0, 0.1) is 5.92 Å². The van der Waals surface area contributed by atoms with Crippen molar-refractivity contribution in [3.63, 3.8) is 0 Å². The number of hydrogen-bond acceptors (Lipinski definition) is 4. The van der Waals surface area contributed by atoms with Crippen LogP contribution < -0.4 is 0 Å². The van der Waals surface area contributed by atoms with Crippen LogP contribution in [-0.4, -0.2) is 58.6 Å². The smallest absolute Gasteiger partial charge is 0.274 e. The minimum atomic E-state index is -0.0912. The van der Waals surface area contributed by atoms with Gasteiger partial charge in [-0.15, -0.1) is 0 Å². The number of carbonyl (C=O) groups is 1. The van der Waals surface area contributed by atoms with E-state index in [1.807, 2.05) is 24.1 Å². The van der Waals surface area contributed by atoms with Gasteiger partial charge in [-0.1, -0.05) is 0 Å². The normalized spacial score (nSPS) is 26.1. The molecule has 6 heteroatoms. The lowest BCUT2D eigenvalue weighted by Crippen LogP contribution is -2.52. The van der Waals surface area contributed by atoms with Crippen LogP contribution >= 0.6 is 0 Å². The molecule has 1 amide bonds. The van der Waals surface area contributed by atoms with Crippen LogP contribution in [0.5, 0.6) is 0 Å². The lowest BCUT2D eigenvalue weighted by Gasteiger charge is -2.46. The molecule has 1 aliphatic carbocycles. The standard InChI is InChI=1S/C19H29N3O3/c1-2-22-9-5-17(20-22)18(23)21-10-7-19(8-11-21)13-16(6-12-25-19)24-14-15-3-4-15/h5,9,15-16H,2-4,6-8,10-14H2,1H3. The van der Waals surface area contributed by atoms with E-state index < -0.39 is 0 Å². The highest BCUT2D eigenvalue weighted by atomic mass is 16.5. The first kappa shape index (κ1) is 17.0. The van der Waals surface area contributed by atoms with E-state index in [0.717, 1.165) is 64.4 Å². The molecule has 0 radical (unpaired) electrons. The van der Waals surface area contributed by atoms with Gasteiger partial charge in [0.2, 0.25) is 0 Å². The third-order valence-corrected chi connectivity index (χ3v) is 5.86. The van der Waals surface area contributed by atoms with Crippen LogP contribution in [0.15, 0.2) is 12.3 Å². The average molecular weight is 347 g/mol. The van der Waals surface area contributed by atoms with E-state index in [9.17, 15) is 4.79 Å². The molecule has 1 saturated carbocycles. The molecule has 1 spiro atoms. The summed E-state index contributed by atoms with van der Waals surface area (Å²) in [7, 11) is 0. The van der Waals surface area contributed by atoms with Crippen molar-refractivity contribution in [2.75, 3.05) is 26.3 Å². The molecule has 0 bridgehead atoms. The first-order valence-electron chi connectivity index (χ1n) is 9.76. The van der Waals surface area contributed by atoms with Gasteiger partial charge in [0, 0.05) is 45.5 Å². The van der Waals surface area contributed by atoms with Gasteiger partial charge in [0.25, 0.3) is 5.91 Å². The average Bonchev–Trinajstić information content (AvgIpc) is 3.35. The van der Waals surface area contributed by atoms with E-state index in [4.69, 9.17) is 9.47 Å². The topological polar surface area (TPSA) is 56.6 Å². The highest BCUT2D eigenvalue weighted by molar-refractivity contribution is 5.92. The third-order valence-electron chi connectivity index (χ3n) is 5.86. The van der Waals surface area contributed by atoms with Crippen molar-refractivity contribution >= 4 is 5.91 Å². The second-order valence-corrected chi connectivity index (χ2v) is 7.77. The Morgan fingerprint density at radius 1 is 1.36 bits per heavy atom. The van der Waals surface area contributed by atoms with Gasteiger partial charge in [-0.2, -0.15) is 5.10 Å². The van der Waals surface area contributed by atoms with E-state index >= 15 is 0 Å². The summed E-state index contributed by atoms with van der Waals surface area (Å²) in [6, 6.07) is 1.81. The summed E-state index contributed by atoms with van der Waals surface area (Å²) in [4.78, 5) is 14.6. The molecule has 0 aromatic carbocycles. The van der Waals surface area contributed by atoms with Gasteiger partial charge in [-0.25, -0.2) is 0 Å². The molecule has 3 fully saturated rings. The second-order valence-electron chi connectivity index (χ2n) is 7.77. The third kappa shape index (κ3) is 3.90. The predicted molar refractivity (Wildman–Crippen MR) is 93.4 cm³/mol. The van der Waals surface area contributed by atoms with E-state index in [2.05, 4.69) is 5.10 Å². The largest absolute Gasteiger partial charge is 0.378 e. The zero-order chi connectivity index (χ0) is 17.3. The Morgan fingerprint density at radius 2 is 2.16 bits per heavy atom. The maximum absolute atomic E-state index is 12.6. The lowest BCUT2D eigenvalue weighted by atomic mass is 9.83. The number of piperidine rings is 1. The first-order chi connectivity index (χ1) is 12.2. The van der Waals surface area contributed by atoms with Crippen LogP contribution in [-0.2, 0) is 16.0 Å². The van der Waals surface area contributed by atoms with Crippen molar-refractivity contribution in [2.24, 2.45) is 5.92 Å².